The molecule has 1 aromatic carbocycles. The van der Waals surface area contributed by atoms with E-state index in [-0.39, 0.29) is 12.3 Å². The highest BCUT2D eigenvalue weighted by atomic mass is 35.5. The SMILES string of the molecule is C[Si](C)(C)CCOCn1c(-c2ccccc2C(F)F)c(Cl)c2cnc(Cl)cc21. The molecule has 3 rings (SSSR count). The summed E-state index contributed by atoms with van der Waals surface area (Å²) < 4.78 is 35.0. The average Bonchev–Trinajstić information content (AvgIpc) is 2.89. The smallest absolute Gasteiger partial charge is 0.264 e. The number of aromatic nitrogens is 2. The fourth-order valence-electron chi connectivity index (χ4n) is 3.01. The van der Waals surface area contributed by atoms with Crippen molar-refractivity contribution in [3.8, 4) is 11.3 Å². The van der Waals surface area contributed by atoms with E-state index in [1.807, 2.05) is 0 Å². The first-order valence-corrected chi connectivity index (χ1v) is 13.4. The van der Waals surface area contributed by atoms with Crippen molar-refractivity contribution < 1.29 is 13.5 Å². The highest BCUT2D eigenvalue weighted by Gasteiger charge is 2.23. The van der Waals surface area contributed by atoms with E-state index < -0.39 is 14.5 Å². The molecule has 0 atom stereocenters. The van der Waals surface area contributed by atoms with E-state index >= 15 is 0 Å². The lowest BCUT2D eigenvalue weighted by Crippen LogP contribution is -2.22. The normalized spacial score (nSPS) is 12.3. The molecular weight excluding hydrogens is 421 g/mol. The van der Waals surface area contributed by atoms with Gasteiger partial charge in [-0.15, -0.1) is 0 Å². The molecular formula is C20H22Cl2F2N2OSi. The van der Waals surface area contributed by atoms with Crippen LogP contribution >= 0.6 is 23.2 Å². The summed E-state index contributed by atoms with van der Waals surface area (Å²) in [6.45, 7) is 7.61. The van der Waals surface area contributed by atoms with Crippen LogP contribution in [0.4, 0.5) is 8.78 Å². The largest absolute Gasteiger partial charge is 0.361 e. The maximum Gasteiger partial charge on any atom is 0.264 e. The van der Waals surface area contributed by atoms with Gasteiger partial charge in [-0.2, -0.15) is 0 Å². The van der Waals surface area contributed by atoms with E-state index in [2.05, 4.69) is 24.6 Å². The van der Waals surface area contributed by atoms with Gasteiger partial charge in [-0.05, 0) is 12.1 Å². The molecule has 2 heterocycles. The van der Waals surface area contributed by atoms with E-state index in [9.17, 15) is 8.78 Å². The fraction of sp³-hybridized carbons (Fsp3) is 0.350. The van der Waals surface area contributed by atoms with Crippen LogP contribution in [0.1, 0.15) is 12.0 Å². The third-order valence-electron chi connectivity index (χ3n) is 4.52. The first kappa shape index (κ1) is 21.2. The van der Waals surface area contributed by atoms with Crippen LogP contribution in [0.3, 0.4) is 0 Å². The van der Waals surface area contributed by atoms with Crippen molar-refractivity contribution in [3.05, 3.63) is 52.3 Å². The minimum absolute atomic E-state index is 0.0744. The van der Waals surface area contributed by atoms with E-state index in [1.165, 1.54) is 6.07 Å². The quantitative estimate of drug-likeness (QED) is 0.218. The summed E-state index contributed by atoms with van der Waals surface area (Å²) in [7, 11) is -1.24. The molecule has 0 bridgehead atoms. The molecule has 3 aromatic rings. The number of fused-ring (bicyclic) bond motifs is 1. The average molecular weight is 443 g/mol. The Morgan fingerprint density at radius 2 is 1.89 bits per heavy atom. The molecule has 0 spiro atoms. The monoisotopic (exact) mass is 442 g/mol. The molecule has 150 valence electrons. The molecule has 0 unspecified atom stereocenters. The maximum atomic E-state index is 13.6. The third-order valence-corrected chi connectivity index (χ3v) is 6.82. The van der Waals surface area contributed by atoms with Crippen LogP contribution in [0.2, 0.25) is 35.9 Å². The van der Waals surface area contributed by atoms with Gasteiger partial charge in [-0.25, -0.2) is 13.8 Å². The van der Waals surface area contributed by atoms with Gasteiger partial charge >= 0.3 is 0 Å². The Kier molecular flexibility index (Phi) is 6.44. The Labute approximate surface area is 174 Å². The van der Waals surface area contributed by atoms with Gasteiger partial charge in [0.1, 0.15) is 11.9 Å². The lowest BCUT2D eigenvalue weighted by molar-refractivity contribution is 0.0911. The summed E-state index contributed by atoms with van der Waals surface area (Å²) >= 11 is 12.7. The summed E-state index contributed by atoms with van der Waals surface area (Å²) in [6.07, 6.45) is -1.05. The number of ether oxygens (including phenoxy) is 1. The molecule has 0 N–H and O–H groups in total. The van der Waals surface area contributed by atoms with Crippen LogP contribution in [0.25, 0.3) is 22.2 Å². The molecule has 0 saturated heterocycles. The number of nitrogens with zero attached hydrogens (tertiary/aromatic N) is 2. The summed E-state index contributed by atoms with van der Waals surface area (Å²) in [4.78, 5) is 4.09. The Morgan fingerprint density at radius 1 is 1.18 bits per heavy atom. The zero-order valence-electron chi connectivity index (χ0n) is 16.0. The van der Waals surface area contributed by atoms with Crippen molar-refractivity contribution in [1.29, 1.82) is 0 Å². The Bertz CT molecular complexity index is 986. The molecule has 3 nitrogen and oxygen atoms in total. The van der Waals surface area contributed by atoms with Crippen molar-refractivity contribution >= 4 is 42.2 Å². The first-order chi connectivity index (χ1) is 13.2. The summed E-state index contributed by atoms with van der Waals surface area (Å²) in [6, 6.07) is 9.06. The number of alkyl halides is 2. The summed E-state index contributed by atoms with van der Waals surface area (Å²) in [5, 5.41) is 1.32. The Hall–Kier alpha value is -1.47. The van der Waals surface area contributed by atoms with Crippen LogP contribution in [0.5, 0.6) is 0 Å². The van der Waals surface area contributed by atoms with Gasteiger partial charge in [0.05, 0.1) is 16.2 Å². The van der Waals surface area contributed by atoms with Crippen molar-refractivity contribution in [2.75, 3.05) is 6.61 Å². The number of rotatable bonds is 7. The van der Waals surface area contributed by atoms with Crippen molar-refractivity contribution in [1.82, 2.24) is 9.55 Å². The zero-order valence-corrected chi connectivity index (χ0v) is 18.5. The predicted molar refractivity (Wildman–Crippen MR) is 114 cm³/mol. The lowest BCUT2D eigenvalue weighted by Gasteiger charge is -2.18. The minimum atomic E-state index is -2.62. The van der Waals surface area contributed by atoms with Gasteiger partial charge in [-0.1, -0.05) is 67.1 Å². The van der Waals surface area contributed by atoms with Crippen molar-refractivity contribution in [2.45, 2.75) is 38.8 Å². The predicted octanol–water partition coefficient (Wildman–Crippen LogP) is 7.26. The zero-order chi connectivity index (χ0) is 20.5. The van der Waals surface area contributed by atoms with Gasteiger partial charge in [0, 0.05) is 37.4 Å². The van der Waals surface area contributed by atoms with Gasteiger partial charge in [0.25, 0.3) is 6.43 Å². The second kappa shape index (κ2) is 8.49. The highest BCUT2D eigenvalue weighted by Crippen LogP contribution is 2.41. The molecule has 0 aliphatic rings. The minimum Gasteiger partial charge on any atom is -0.361 e. The Balaban J connectivity index is 2.10. The summed E-state index contributed by atoms with van der Waals surface area (Å²) in [5.41, 5.74) is 1.50. The van der Waals surface area contributed by atoms with Crippen LogP contribution in [-0.2, 0) is 11.5 Å². The molecule has 8 heteroatoms. The molecule has 0 aliphatic carbocycles. The highest BCUT2D eigenvalue weighted by molar-refractivity contribution is 6.76. The van der Waals surface area contributed by atoms with Crippen molar-refractivity contribution in [2.24, 2.45) is 0 Å². The van der Waals surface area contributed by atoms with Crippen molar-refractivity contribution in [3.63, 3.8) is 0 Å². The van der Waals surface area contributed by atoms with E-state index in [0.29, 0.717) is 38.9 Å². The molecule has 0 aliphatic heterocycles. The van der Waals surface area contributed by atoms with E-state index in [4.69, 9.17) is 27.9 Å². The number of hydrogen-bond acceptors (Lipinski definition) is 2. The molecule has 0 fully saturated rings. The number of benzene rings is 1. The fourth-order valence-corrected chi connectivity index (χ4v) is 4.27. The molecule has 0 saturated carbocycles. The van der Waals surface area contributed by atoms with E-state index in [1.54, 1.807) is 35.0 Å². The second-order valence-electron chi connectivity index (χ2n) is 7.85. The van der Waals surface area contributed by atoms with Crippen LogP contribution in [-0.4, -0.2) is 24.2 Å². The second-order valence-corrected chi connectivity index (χ2v) is 14.2. The maximum absolute atomic E-state index is 13.6. The molecule has 0 amide bonds. The van der Waals surface area contributed by atoms with Gasteiger partial charge in [0.2, 0.25) is 0 Å². The standard InChI is InChI=1S/C20H22Cl2F2N2OSi/c1-28(2,3)9-8-27-12-26-16-10-17(21)25-11-15(16)18(22)19(26)13-6-4-5-7-14(13)20(23)24/h4-7,10-11,20H,8-9,12H2,1-3H3. The molecule has 2 aromatic heterocycles. The molecule has 28 heavy (non-hydrogen) atoms. The van der Waals surface area contributed by atoms with Gasteiger partial charge < -0.3 is 9.30 Å². The first-order valence-electron chi connectivity index (χ1n) is 8.97. The van der Waals surface area contributed by atoms with Gasteiger partial charge in [-0.3, -0.25) is 0 Å². The van der Waals surface area contributed by atoms with E-state index in [0.717, 1.165) is 6.04 Å². The Morgan fingerprint density at radius 3 is 2.57 bits per heavy atom. The van der Waals surface area contributed by atoms with Gasteiger partial charge in [0.15, 0.2) is 0 Å². The number of pyridine rings is 1. The van der Waals surface area contributed by atoms with Crippen LogP contribution in [0.15, 0.2) is 36.5 Å². The third kappa shape index (κ3) is 4.57. The lowest BCUT2D eigenvalue weighted by atomic mass is 10.0. The topological polar surface area (TPSA) is 27.1 Å². The molecule has 0 radical (unpaired) electrons. The number of hydrogen-bond donors (Lipinski definition) is 0. The van der Waals surface area contributed by atoms with Crippen LogP contribution < -0.4 is 0 Å². The number of halogens is 4. The summed E-state index contributed by atoms with van der Waals surface area (Å²) in [5.74, 6) is 0. The van der Waals surface area contributed by atoms with Crippen LogP contribution in [0, 0.1) is 0 Å².